The molecule has 1 aliphatic rings. The van der Waals surface area contributed by atoms with Crippen LogP contribution in [0.25, 0.3) is 0 Å². The van der Waals surface area contributed by atoms with Crippen LogP contribution in [0.2, 0.25) is 0 Å². The maximum Gasteiger partial charge on any atom is 0.416 e. The van der Waals surface area contributed by atoms with Gasteiger partial charge in [-0.1, -0.05) is 30.3 Å². The number of carbonyl (C=O) groups excluding carboxylic acids is 1. The molecule has 2 aromatic carbocycles. The van der Waals surface area contributed by atoms with Crippen molar-refractivity contribution < 1.29 is 31.1 Å². The van der Waals surface area contributed by atoms with Gasteiger partial charge in [-0.3, -0.25) is 4.90 Å². The SMILES string of the molecule is O=C1OCCN1c1cccc(CNS(=O)(=O)Cc2cccc(C(F)(F)F)c2)c1. The van der Waals surface area contributed by atoms with Crippen molar-refractivity contribution in [2.24, 2.45) is 0 Å². The molecule has 0 aromatic heterocycles. The van der Waals surface area contributed by atoms with Crippen LogP contribution in [-0.2, 0) is 33.2 Å². The van der Waals surface area contributed by atoms with E-state index in [2.05, 4.69) is 4.72 Å². The number of hydrogen-bond donors (Lipinski definition) is 1. The average Bonchev–Trinajstić information content (AvgIpc) is 3.06. The van der Waals surface area contributed by atoms with Gasteiger partial charge in [-0.05, 0) is 29.3 Å². The van der Waals surface area contributed by atoms with Crippen molar-refractivity contribution in [3.63, 3.8) is 0 Å². The van der Waals surface area contributed by atoms with Crippen LogP contribution in [0, 0.1) is 0 Å². The summed E-state index contributed by atoms with van der Waals surface area (Å²) in [7, 11) is -3.86. The molecule has 0 unspecified atom stereocenters. The Bertz CT molecular complexity index is 977. The van der Waals surface area contributed by atoms with Crippen molar-refractivity contribution in [3.8, 4) is 0 Å². The van der Waals surface area contributed by atoms with Crippen LogP contribution in [0.3, 0.4) is 0 Å². The molecule has 28 heavy (non-hydrogen) atoms. The summed E-state index contributed by atoms with van der Waals surface area (Å²) in [5.74, 6) is -0.574. The highest BCUT2D eigenvalue weighted by Gasteiger charge is 2.30. The highest BCUT2D eigenvalue weighted by atomic mass is 32.2. The monoisotopic (exact) mass is 414 g/mol. The zero-order valence-corrected chi connectivity index (χ0v) is 15.4. The number of ether oxygens (including phenoxy) is 1. The second-order valence-corrected chi connectivity index (χ2v) is 8.02. The van der Waals surface area contributed by atoms with E-state index in [1.165, 1.54) is 17.0 Å². The molecule has 1 fully saturated rings. The third kappa shape index (κ3) is 5.02. The molecule has 1 amide bonds. The van der Waals surface area contributed by atoms with Crippen molar-refractivity contribution in [3.05, 3.63) is 65.2 Å². The molecule has 3 rings (SSSR count). The molecule has 1 N–H and O–H groups in total. The molecule has 0 atom stereocenters. The fourth-order valence-corrected chi connectivity index (χ4v) is 3.87. The van der Waals surface area contributed by atoms with Crippen molar-refractivity contribution in [2.45, 2.75) is 18.5 Å². The van der Waals surface area contributed by atoms with Crippen LogP contribution < -0.4 is 9.62 Å². The number of anilines is 1. The number of benzene rings is 2. The number of hydrogen-bond acceptors (Lipinski definition) is 4. The van der Waals surface area contributed by atoms with E-state index in [-0.39, 0.29) is 18.7 Å². The third-order valence-corrected chi connectivity index (χ3v) is 5.39. The number of cyclic esters (lactones) is 1. The molecule has 150 valence electrons. The molecule has 0 aliphatic carbocycles. The summed E-state index contributed by atoms with van der Waals surface area (Å²) in [6, 6.07) is 10.9. The van der Waals surface area contributed by atoms with Crippen molar-refractivity contribution in [1.82, 2.24) is 4.72 Å². The Kier molecular flexibility index (Phi) is 5.61. The van der Waals surface area contributed by atoms with E-state index >= 15 is 0 Å². The number of nitrogens with zero attached hydrogens (tertiary/aromatic N) is 1. The molecule has 1 heterocycles. The lowest BCUT2D eigenvalue weighted by molar-refractivity contribution is -0.137. The standard InChI is InChI=1S/C18H17F3N2O4S/c19-18(20,21)15-5-1-4-14(9-15)12-28(25,26)22-11-13-3-2-6-16(10-13)23-7-8-27-17(23)24/h1-6,9-10,22H,7-8,11-12H2. The zero-order valence-electron chi connectivity index (χ0n) is 14.6. The molecule has 6 nitrogen and oxygen atoms in total. The Morgan fingerprint density at radius 1 is 1.07 bits per heavy atom. The molecule has 10 heteroatoms. The van der Waals surface area contributed by atoms with Crippen LogP contribution in [0.15, 0.2) is 48.5 Å². The molecule has 0 bridgehead atoms. The summed E-state index contributed by atoms with van der Waals surface area (Å²) in [5.41, 5.74) is 0.322. The lowest BCUT2D eigenvalue weighted by Crippen LogP contribution is -2.26. The van der Waals surface area contributed by atoms with Gasteiger partial charge in [-0.25, -0.2) is 17.9 Å². The predicted molar refractivity (Wildman–Crippen MR) is 96.0 cm³/mol. The van der Waals surface area contributed by atoms with Crippen molar-refractivity contribution >= 4 is 21.8 Å². The lowest BCUT2D eigenvalue weighted by atomic mass is 10.1. The largest absolute Gasteiger partial charge is 0.447 e. The van der Waals surface area contributed by atoms with E-state index < -0.39 is 33.6 Å². The molecule has 2 aromatic rings. The highest BCUT2D eigenvalue weighted by molar-refractivity contribution is 7.88. The minimum absolute atomic E-state index is 0.0379. The first-order valence-corrected chi connectivity index (χ1v) is 9.96. The molecule has 0 saturated carbocycles. The molecular formula is C18H17F3N2O4S. The molecule has 0 spiro atoms. The Labute approximate surface area is 160 Å². The predicted octanol–water partition coefficient (Wildman–Crippen LogP) is 3.28. The smallest absolute Gasteiger partial charge is 0.416 e. The Hall–Kier alpha value is -2.59. The van der Waals surface area contributed by atoms with Crippen LogP contribution >= 0.6 is 0 Å². The van der Waals surface area contributed by atoms with E-state index in [9.17, 15) is 26.4 Å². The first-order chi connectivity index (χ1) is 13.1. The topological polar surface area (TPSA) is 75.7 Å². The number of carbonyl (C=O) groups is 1. The van der Waals surface area contributed by atoms with E-state index in [0.29, 0.717) is 17.8 Å². The van der Waals surface area contributed by atoms with Gasteiger partial charge >= 0.3 is 12.3 Å². The van der Waals surface area contributed by atoms with Gasteiger partial charge in [-0.2, -0.15) is 13.2 Å². The number of amides is 1. The second-order valence-electron chi connectivity index (χ2n) is 6.21. The summed E-state index contributed by atoms with van der Waals surface area (Å²) < 4.78 is 70.0. The fourth-order valence-electron chi connectivity index (χ4n) is 2.76. The normalized spacial score (nSPS) is 15.0. The lowest BCUT2D eigenvalue weighted by Gasteiger charge is -2.14. The summed E-state index contributed by atoms with van der Waals surface area (Å²) in [5, 5.41) is 0. The van der Waals surface area contributed by atoms with Gasteiger partial charge in [0.2, 0.25) is 10.0 Å². The maximum absolute atomic E-state index is 12.8. The minimum Gasteiger partial charge on any atom is -0.447 e. The summed E-state index contributed by atoms with van der Waals surface area (Å²) in [6.45, 7) is 0.633. The summed E-state index contributed by atoms with van der Waals surface area (Å²) in [6.07, 6.45) is -5.01. The van der Waals surface area contributed by atoms with E-state index in [0.717, 1.165) is 12.1 Å². The quantitative estimate of drug-likeness (QED) is 0.787. The van der Waals surface area contributed by atoms with E-state index in [1.807, 2.05) is 0 Å². The van der Waals surface area contributed by atoms with Gasteiger partial charge in [-0.15, -0.1) is 0 Å². The van der Waals surface area contributed by atoms with Gasteiger partial charge in [0.05, 0.1) is 17.9 Å². The fraction of sp³-hybridized carbons (Fsp3) is 0.278. The summed E-state index contributed by atoms with van der Waals surface area (Å²) in [4.78, 5) is 13.0. The van der Waals surface area contributed by atoms with Gasteiger partial charge < -0.3 is 4.74 Å². The molecule has 1 aliphatic heterocycles. The van der Waals surface area contributed by atoms with E-state index in [1.54, 1.807) is 24.3 Å². The first-order valence-electron chi connectivity index (χ1n) is 8.31. The third-order valence-electron chi connectivity index (χ3n) is 4.09. The van der Waals surface area contributed by atoms with Gasteiger partial charge in [0.15, 0.2) is 0 Å². The van der Waals surface area contributed by atoms with Gasteiger partial charge in [0, 0.05) is 12.2 Å². The number of halogens is 3. The number of nitrogens with one attached hydrogen (secondary N) is 1. The maximum atomic E-state index is 12.8. The number of alkyl halides is 3. The zero-order chi connectivity index (χ0) is 20.4. The van der Waals surface area contributed by atoms with Crippen molar-refractivity contribution in [2.75, 3.05) is 18.1 Å². The van der Waals surface area contributed by atoms with E-state index in [4.69, 9.17) is 4.74 Å². The van der Waals surface area contributed by atoms with Crippen LogP contribution in [-0.4, -0.2) is 27.7 Å². The average molecular weight is 414 g/mol. The Morgan fingerprint density at radius 3 is 2.46 bits per heavy atom. The minimum atomic E-state index is -4.54. The number of rotatable bonds is 6. The molecule has 0 radical (unpaired) electrons. The highest BCUT2D eigenvalue weighted by Crippen LogP contribution is 2.29. The van der Waals surface area contributed by atoms with Gasteiger partial charge in [0.1, 0.15) is 6.61 Å². The van der Waals surface area contributed by atoms with Crippen molar-refractivity contribution in [1.29, 1.82) is 0 Å². The van der Waals surface area contributed by atoms with Crippen LogP contribution in [0.4, 0.5) is 23.7 Å². The second kappa shape index (κ2) is 7.80. The Balaban J connectivity index is 1.66. The Morgan fingerprint density at radius 2 is 1.79 bits per heavy atom. The summed E-state index contributed by atoms with van der Waals surface area (Å²) >= 11 is 0. The number of sulfonamides is 1. The molecule has 1 saturated heterocycles. The first kappa shape index (κ1) is 20.2. The molecular weight excluding hydrogens is 397 g/mol. The van der Waals surface area contributed by atoms with Gasteiger partial charge in [0.25, 0.3) is 0 Å². The van der Waals surface area contributed by atoms with Crippen LogP contribution in [0.5, 0.6) is 0 Å². The van der Waals surface area contributed by atoms with Crippen LogP contribution in [0.1, 0.15) is 16.7 Å².